The SMILES string of the molecule is CC(C)(C)c1ccc(C(=O)NCC(=O)OCC(=O)N(CCC#N)c2cccc(Cl)c2)cc1. The van der Waals surface area contributed by atoms with E-state index in [1.54, 1.807) is 36.4 Å². The normalized spacial score (nSPS) is 10.7. The lowest BCUT2D eigenvalue weighted by molar-refractivity contribution is -0.146. The number of benzene rings is 2. The Morgan fingerprint density at radius 1 is 1.12 bits per heavy atom. The molecule has 32 heavy (non-hydrogen) atoms. The van der Waals surface area contributed by atoms with Gasteiger partial charge in [-0.2, -0.15) is 5.26 Å². The molecular weight excluding hydrogens is 430 g/mol. The highest BCUT2D eigenvalue weighted by atomic mass is 35.5. The van der Waals surface area contributed by atoms with Crippen molar-refractivity contribution in [3.63, 3.8) is 0 Å². The van der Waals surface area contributed by atoms with Gasteiger partial charge < -0.3 is 15.0 Å². The molecule has 8 heteroatoms. The highest BCUT2D eigenvalue weighted by Gasteiger charge is 2.19. The Morgan fingerprint density at radius 3 is 2.41 bits per heavy atom. The van der Waals surface area contributed by atoms with Crippen LogP contribution in [0.1, 0.15) is 43.1 Å². The topological polar surface area (TPSA) is 99.5 Å². The van der Waals surface area contributed by atoms with Crippen LogP contribution in [0.3, 0.4) is 0 Å². The van der Waals surface area contributed by atoms with Crippen molar-refractivity contribution >= 4 is 35.1 Å². The first-order valence-corrected chi connectivity index (χ1v) is 10.5. The number of rotatable bonds is 8. The van der Waals surface area contributed by atoms with Crippen molar-refractivity contribution in [3.05, 3.63) is 64.7 Å². The van der Waals surface area contributed by atoms with Gasteiger partial charge in [-0.3, -0.25) is 14.4 Å². The fourth-order valence-electron chi connectivity index (χ4n) is 2.85. The zero-order valence-electron chi connectivity index (χ0n) is 18.4. The molecule has 0 atom stereocenters. The number of anilines is 1. The quantitative estimate of drug-likeness (QED) is 0.609. The number of carbonyl (C=O) groups excluding carboxylic acids is 3. The lowest BCUT2D eigenvalue weighted by atomic mass is 9.87. The Kier molecular flexibility index (Phi) is 8.80. The standard InChI is InChI=1S/C24H26ClN3O4/c1-24(2,3)18-10-8-17(9-11-18)23(31)27-15-22(30)32-16-21(29)28(13-5-12-26)20-7-4-6-19(25)14-20/h4,6-11,14H,5,13,15-16H2,1-3H3,(H,27,31). The average Bonchev–Trinajstić information content (AvgIpc) is 2.75. The molecule has 2 rings (SSSR count). The van der Waals surface area contributed by atoms with Crippen LogP contribution in [-0.2, 0) is 19.7 Å². The number of carbonyl (C=O) groups is 3. The van der Waals surface area contributed by atoms with Gasteiger partial charge in [0.1, 0.15) is 6.54 Å². The van der Waals surface area contributed by atoms with E-state index < -0.39 is 24.4 Å². The van der Waals surface area contributed by atoms with E-state index in [1.807, 2.05) is 18.2 Å². The summed E-state index contributed by atoms with van der Waals surface area (Å²) >= 11 is 5.98. The van der Waals surface area contributed by atoms with Crippen molar-refractivity contribution in [1.29, 1.82) is 5.26 Å². The third-order valence-electron chi connectivity index (χ3n) is 4.63. The third-order valence-corrected chi connectivity index (χ3v) is 4.87. The number of amides is 2. The molecule has 7 nitrogen and oxygen atoms in total. The highest BCUT2D eigenvalue weighted by Crippen LogP contribution is 2.22. The van der Waals surface area contributed by atoms with E-state index in [0.717, 1.165) is 5.56 Å². The van der Waals surface area contributed by atoms with Gasteiger partial charge in [-0.15, -0.1) is 0 Å². The van der Waals surface area contributed by atoms with Gasteiger partial charge in [0.15, 0.2) is 6.61 Å². The number of hydrogen-bond donors (Lipinski definition) is 1. The van der Waals surface area contributed by atoms with Crippen LogP contribution in [0.15, 0.2) is 48.5 Å². The zero-order chi connectivity index (χ0) is 23.7. The first-order chi connectivity index (χ1) is 15.1. The van der Waals surface area contributed by atoms with E-state index in [9.17, 15) is 14.4 Å². The molecule has 0 bridgehead atoms. The first kappa shape index (κ1) is 24.9. The van der Waals surface area contributed by atoms with Gasteiger partial charge in [0.2, 0.25) is 0 Å². The van der Waals surface area contributed by atoms with Gasteiger partial charge in [-0.25, -0.2) is 0 Å². The van der Waals surface area contributed by atoms with Crippen molar-refractivity contribution in [3.8, 4) is 6.07 Å². The summed E-state index contributed by atoms with van der Waals surface area (Å²) in [6, 6.07) is 15.7. The molecule has 0 unspecified atom stereocenters. The summed E-state index contributed by atoms with van der Waals surface area (Å²) in [5, 5.41) is 11.8. The van der Waals surface area contributed by atoms with Crippen molar-refractivity contribution in [2.75, 3.05) is 24.6 Å². The summed E-state index contributed by atoms with van der Waals surface area (Å²) in [5.41, 5.74) is 1.98. The molecule has 2 amide bonds. The minimum absolute atomic E-state index is 0.0302. The summed E-state index contributed by atoms with van der Waals surface area (Å²) in [6.45, 7) is 5.47. The summed E-state index contributed by atoms with van der Waals surface area (Å²) in [7, 11) is 0. The second-order valence-electron chi connectivity index (χ2n) is 8.10. The molecule has 0 heterocycles. The van der Waals surface area contributed by atoms with Gasteiger partial charge >= 0.3 is 5.97 Å². The van der Waals surface area contributed by atoms with E-state index >= 15 is 0 Å². The van der Waals surface area contributed by atoms with Crippen LogP contribution < -0.4 is 10.2 Å². The Balaban J connectivity index is 1.88. The number of ether oxygens (including phenoxy) is 1. The Hall–Kier alpha value is -3.37. The van der Waals surface area contributed by atoms with Crippen LogP contribution in [0.5, 0.6) is 0 Å². The molecule has 0 aliphatic heterocycles. The number of halogens is 1. The molecule has 2 aromatic rings. The van der Waals surface area contributed by atoms with Crippen LogP contribution in [0.2, 0.25) is 5.02 Å². The van der Waals surface area contributed by atoms with Gasteiger partial charge in [0.25, 0.3) is 11.8 Å². The summed E-state index contributed by atoms with van der Waals surface area (Å²) in [6.07, 6.45) is 0.107. The summed E-state index contributed by atoms with van der Waals surface area (Å²) in [5.74, 6) is -1.66. The van der Waals surface area contributed by atoms with Crippen molar-refractivity contribution in [2.45, 2.75) is 32.6 Å². The minimum Gasteiger partial charge on any atom is -0.454 e. The van der Waals surface area contributed by atoms with E-state index in [1.165, 1.54) is 4.90 Å². The van der Waals surface area contributed by atoms with E-state index in [2.05, 4.69) is 26.1 Å². The molecule has 0 spiro atoms. The monoisotopic (exact) mass is 455 g/mol. The molecule has 0 saturated heterocycles. The predicted octanol–water partition coefficient (Wildman–Crippen LogP) is 3.86. The van der Waals surface area contributed by atoms with Crippen LogP contribution >= 0.6 is 11.6 Å². The molecule has 0 radical (unpaired) electrons. The Bertz CT molecular complexity index is 1010. The van der Waals surface area contributed by atoms with Crippen molar-refractivity contribution < 1.29 is 19.1 Å². The molecule has 1 N–H and O–H groups in total. The van der Waals surface area contributed by atoms with Crippen LogP contribution in [-0.4, -0.2) is 37.5 Å². The number of nitrogens with one attached hydrogen (secondary N) is 1. The third kappa shape index (κ3) is 7.40. The molecule has 2 aromatic carbocycles. The van der Waals surface area contributed by atoms with Crippen molar-refractivity contribution in [2.24, 2.45) is 0 Å². The summed E-state index contributed by atoms with van der Waals surface area (Å²) in [4.78, 5) is 38.1. The molecule has 0 aliphatic carbocycles. The van der Waals surface area contributed by atoms with Crippen LogP contribution in [0.25, 0.3) is 0 Å². The second kappa shape index (κ2) is 11.3. The number of hydrogen-bond acceptors (Lipinski definition) is 5. The van der Waals surface area contributed by atoms with Gasteiger partial charge in [-0.1, -0.05) is 50.6 Å². The number of esters is 1. The predicted molar refractivity (Wildman–Crippen MR) is 122 cm³/mol. The maximum Gasteiger partial charge on any atom is 0.325 e. The zero-order valence-corrected chi connectivity index (χ0v) is 19.1. The fourth-order valence-corrected chi connectivity index (χ4v) is 3.04. The number of nitriles is 1. The smallest absolute Gasteiger partial charge is 0.325 e. The molecule has 168 valence electrons. The summed E-state index contributed by atoms with van der Waals surface area (Å²) < 4.78 is 5.01. The van der Waals surface area contributed by atoms with E-state index in [-0.39, 0.29) is 24.9 Å². The van der Waals surface area contributed by atoms with Gasteiger partial charge in [-0.05, 0) is 41.3 Å². The van der Waals surface area contributed by atoms with Crippen LogP contribution in [0.4, 0.5) is 5.69 Å². The molecule has 0 saturated carbocycles. The lowest BCUT2D eigenvalue weighted by Crippen LogP contribution is -2.37. The molecule has 0 aliphatic rings. The largest absolute Gasteiger partial charge is 0.454 e. The maximum absolute atomic E-state index is 12.5. The Morgan fingerprint density at radius 2 is 1.81 bits per heavy atom. The van der Waals surface area contributed by atoms with E-state index in [0.29, 0.717) is 16.3 Å². The molecular formula is C24H26ClN3O4. The Labute approximate surface area is 192 Å². The average molecular weight is 456 g/mol. The lowest BCUT2D eigenvalue weighted by Gasteiger charge is -2.22. The second-order valence-corrected chi connectivity index (χ2v) is 8.54. The maximum atomic E-state index is 12.5. The first-order valence-electron chi connectivity index (χ1n) is 10.1. The van der Waals surface area contributed by atoms with Crippen LogP contribution in [0, 0.1) is 11.3 Å². The molecule has 0 fully saturated rings. The van der Waals surface area contributed by atoms with E-state index in [4.69, 9.17) is 21.6 Å². The van der Waals surface area contributed by atoms with Gasteiger partial charge in [0, 0.05) is 22.8 Å². The van der Waals surface area contributed by atoms with Crippen molar-refractivity contribution in [1.82, 2.24) is 5.32 Å². The van der Waals surface area contributed by atoms with Gasteiger partial charge in [0.05, 0.1) is 12.5 Å². The number of nitrogens with zero attached hydrogens (tertiary/aromatic N) is 2. The highest BCUT2D eigenvalue weighted by molar-refractivity contribution is 6.30. The minimum atomic E-state index is -0.746. The molecule has 0 aromatic heterocycles. The fraction of sp³-hybridized carbons (Fsp3) is 0.333.